The standard InChI is InChI=1S/C22H24FN3O2/c1-14(2)26(15(3)4)22(28)19-12-17-6-5-11-24-20(17)25(21(19)27)13-16-7-9-18(23)10-8-16/h5-12,14-15H,13H2,1-4H3. The van der Waals surface area contributed by atoms with Crippen LogP contribution in [0.3, 0.4) is 0 Å². The molecule has 0 unspecified atom stereocenters. The van der Waals surface area contributed by atoms with Gasteiger partial charge in [0.1, 0.15) is 17.0 Å². The van der Waals surface area contributed by atoms with Gasteiger partial charge in [-0.3, -0.25) is 14.2 Å². The largest absolute Gasteiger partial charge is 0.334 e. The number of rotatable bonds is 5. The summed E-state index contributed by atoms with van der Waals surface area (Å²) in [5.74, 6) is -0.638. The molecule has 0 N–H and O–H groups in total. The lowest BCUT2D eigenvalue weighted by atomic mass is 10.1. The number of carbonyl (C=O) groups excluding carboxylic acids is 1. The van der Waals surface area contributed by atoms with Crippen molar-refractivity contribution in [2.45, 2.75) is 46.3 Å². The number of amides is 1. The summed E-state index contributed by atoms with van der Waals surface area (Å²) in [6, 6.07) is 11.1. The predicted octanol–water partition coefficient (Wildman–Crippen LogP) is 3.84. The Hall–Kier alpha value is -3.02. The van der Waals surface area contributed by atoms with Crippen LogP contribution in [0.2, 0.25) is 0 Å². The maximum Gasteiger partial charge on any atom is 0.265 e. The third-order valence-corrected chi connectivity index (χ3v) is 4.68. The number of hydrogen-bond acceptors (Lipinski definition) is 3. The third-order valence-electron chi connectivity index (χ3n) is 4.68. The molecule has 5 nitrogen and oxygen atoms in total. The van der Waals surface area contributed by atoms with Crippen LogP contribution in [0.1, 0.15) is 43.6 Å². The monoisotopic (exact) mass is 381 g/mol. The first-order valence-corrected chi connectivity index (χ1v) is 9.35. The van der Waals surface area contributed by atoms with E-state index < -0.39 is 5.56 Å². The maximum absolute atomic E-state index is 13.2. The van der Waals surface area contributed by atoms with Gasteiger partial charge in [-0.2, -0.15) is 0 Å². The van der Waals surface area contributed by atoms with E-state index >= 15 is 0 Å². The van der Waals surface area contributed by atoms with Crippen LogP contribution in [0.5, 0.6) is 0 Å². The zero-order chi connectivity index (χ0) is 20.4. The third kappa shape index (κ3) is 3.81. The first-order valence-electron chi connectivity index (χ1n) is 9.35. The molecule has 0 saturated carbocycles. The number of nitrogens with zero attached hydrogens (tertiary/aromatic N) is 3. The number of benzene rings is 1. The summed E-state index contributed by atoms with van der Waals surface area (Å²) < 4.78 is 14.7. The predicted molar refractivity (Wildman–Crippen MR) is 108 cm³/mol. The smallest absolute Gasteiger partial charge is 0.265 e. The molecule has 28 heavy (non-hydrogen) atoms. The van der Waals surface area contributed by atoms with Crippen molar-refractivity contribution in [1.82, 2.24) is 14.5 Å². The van der Waals surface area contributed by atoms with Gasteiger partial charge in [0, 0.05) is 23.7 Å². The fourth-order valence-electron chi connectivity index (χ4n) is 3.48. The zero-order valence-corrected chi connectivity index (χ0v) is 16.5. The van der Waals surface area contributed by atoms with Gasteiger partial charge in [0.15, 0.2) is 0 Å². The number of aromatic nitrogens is 2. The summed E-state index contributed by atoms with van der Waals surface area (Å²) in [4.78, 5) is 32.5. The first kappa shape index (κ1) is 19.7. The van der Waals surface area contributed by atoms with Crippen LogP contribution >= 0.6 is 0 Å². The number of fused-ring (bicyclic) bond motifs is 1. The summed E-state index contributed by atoms with van der Waals surface area (Å²) in [7, 11) is 0. The van der Waals surface area contributed by atoms with Crippen LogP contribution in [0.4, 0.5) is 4.39 Å². The van der Waals surface area contributed by atoms with Crippen molar-refractivity contribution in [3.8, 4) is 0 Å². The van der Waals surface area contributed by atoms with E-state index in [0.29, 0.717) is 11.0 Å². The van der Waals surface area contributed by atoms with Crippen molar-refractivity contribution in [3.63, 3.8) is 0 Å². The molecular weight excluding hydrogens is 357 g/mol. The van der Waals surface area contributed by atoms with Gasteiger partial charge in [-0.05, 0) is 63.6 Å². The lowest BCUT2D eigenvalue weighted by Crippen LogP contribution is -2.44. The Morgan fingerprint density at radius 2 is 1.75 bits per heavy atom. The number of carbonyl (C=O) groups is 1. The molecule has 0 atom stereocenters. The molecule has 2 heterocycles. The molecule has 2 aromatic heterocycles. The topological polar surface area (TPSA) is 55.2 Å². The molecule has 0 saturated heterocycles. The highest BCUT2D eigenvalue weighted by Gasteiger charge is 2.25. The van der Waals surface area contributed by atoms with Crippen LogP contribution < -0.4 is 5.56 Å². The molecule has 0 aliphatic carbocycles. The molecule has 0 aliphatic rings. The number of pyridine rings is 2. The molecule has 3 rings (SSSR count). The van der Waals surface area contributed by atoms with Gasteiger partial charge in [0.2, 0.25) is 0 Å². The normalized spacial score (nSPS) is 11.4. The van der Waals surface area contributed by atoms with Gasteiger partial charge < -0.3 is 4.90 Å². The van der Waals surface area contributed by atoms with E-state index in [-0.39, 0.29) is 35.9 Å². The fourth-order valence-corrected chi connectivity index (χ4v) is 3.48. The molecular formula is C22H24FN3O2. The van der Waals surface area contributed by atoms with Crippen LogP contribution in [-0.2, 0) is 6.54 Å². The SMILES string of the molecule is CC(C)N(C(=O)c1cc2cccnc2n(Cc2ccc(F)cc2)c1=O)C(C)C. The van der Waals surface area contributed by atoms with Crippen molar-refractivity contribution >= 4 is 16.9 Å². The van der Waals surface area contributed by atoms with Crippen molar-refractivity contribution in [3.05, 3.63) is 76.0 Å². The van der Waals surface area contributed by atoms with Gasteiger partial charge in [-0.15, -0.1) is 0 Å². The van der Waals surface area contributed by atoms with E-state index in [9.17, 15) is 14.0 Å². The minimum absolute atomic E-state index is 0.0398. The van der Waals surface area contributed by atoms with E-state index in [4.69, 9.17) is 0 Å². The van der Waals surface area contributed by atoms with Gasteiger partial charge >= 0.3 is 0 Å². The molecule has 0 fully saturated rings. The summed E-state index contributed by atoms with van der Waals surface area (Å²) in [6.07, 6.45) is 1.61. The Morgan fingerprint density at radius 1 is 1.11 bits per heavy atom. The molecule has 0 bridgehead atoms. The molecule has 3 aromatic rings. The van der Waals surface area contributed by atoms with E-state index in [1.165, 1.54) is 16.7 Å². The second-order valence-corrected chi connectivity index (χ2v) is 7.39. The summed E-state index contributed by atoms with van der Waals surface area (Å²) in [6.45, 7) is 7.92. The molecule has 6 heteroatoms. The number of halogens is 1. The van der Waals surface area contributed by atoms with Gasteiger partial charge in [0.25, 0.3) is 11.5 Å². The Labute approximate surface area is 163 Å². The fraction of sp³-hybridized carbons (Fsp3) is 0.318. The minimum atomic E-state index is -0.396. The Balaban J connectivity index is 2.17. The lowest BCUT2D eigenvalue weighted by Gasteiger charge is -2.30. The summed E-state index contributed by atoms with van der Waals surface area (Å²) in [5.41, 5.74) is 0.968. The van der Waals surface area contributed by atoms with Crippen molar-refractivity contribution in [1.29, 1.82) is 0 Å². The van der Waals surface area contributed by atoms with Gasteiger partial charge in [-0.1, -0.05) is 12.1 Å². The minimum Gasteiger partial charge on any atom is -0.334 e. The van der Waals surface area contributed by atoms with E-state index in [0.717, 1.165) is 5.56 Å². The maximum atomic E-state index is 13.2. The second kappa shape index (κ2) is 7.92. The number of hydrogen-bond donors (Lipinski definition) is 0. The molecule has 0 spiro atoms. The molecule has 146 valence electrons. The molecule has 1 aromatic carbocycles. The average molecular weight is 381 g/mol. The highest BCUT2D eigenvalue weighted by atomic mass is 19.1. The van der Waals surface area contributed by atoms with E-state index in [2.05, 4.69) is 4.98 Å². The summed E-state index contributed by atoms with van der Waals surface area (Å²) >= 11 is 0. The quantitative estimate of drug-likeness (QED) is 0.675. The molecule has 0 radical (unpaired) electrons. The highest BCUT2D eigenvalue weighted by molar-refractivity contribution is 5.97. The van der Waals surface area contributed by atoms with Crippen molar-refractivity contribution in [2.24, 2.45) is 0 Å². The van der Waals surface area contributed by atoms with Crippen molar-refractivity contribution in [2.75, 3.05) is 0 Å². The van der Waals surface area contributed by atoms with Crippen LogP contribution in [0, 0.1) is 5.82 Å². The Bertz CT molecular complexity index is 1050. The van der Waals surface area contributed by atoms with E-state index in [1.807, 2.05) is 33.8 Å². The van der Waals surface area contributed by atoms with Gasteiger partial charge in [-0.25, -0.2) is 9.37 Å². The second-order valence-electron chi connectivity index (χ2n) is 7.39. The lowest BCUT2D eigenvalue weighted by molar-refractivity contribution is 0.0641. The molecule has 0 aliphatic heterocycles. The Kier molecular flexibility index (Phi) is 5.58. The van der Waals surface area contributed by atoms with Crippen LogP contribution in [-0.4, -0.2) is 32.4 Å². The van der Waals surface area contributed by atoms with Crippen LogP contribution in [0.25, 0.3) is 11.0 Å². The van der Waals surface area contributed by atoms with Gasteiger partial charge in [0.05, 0.1) is 6.54 Å². The first-order chi connectivity index (χ1) is 13.3. The molecule has 1 amide bonds. The Morgan fingerprint density at radius 3 is 2.36 bits per heavy atom. The summed E-state index contributed by atoms with van der Waals surface area (Å²) in [5, 5.41) is 0.708. The van der Waals surface area contributed by atoms with Crippen molar-refractivity contribution < 1.29 is 9.18 Å². The van der Waals surface area contributed by atoms with E-state index in [1.54, 1.807) is 35.4 Å². The average Bonchev–Trinajstić information content (AvgIpc) is 2.64. The highest BCUT2D eigenvalue weighted by Crippen LogP contribution is 2.16. The zero-order valence-electron chi connectivity index (χ0n) is 16.5. The van der Waals surface area contributed by atoms with Crippen LogP contribution in [0.15, 0.2) is 53.5 Å².